The standard InChI is InChI=1S/C39H46N4O4/c1-8-10-11-12-15-47-24(7)36-22(5)30-17-29-21(4)26(13-14-35(45)46)38(42-29)27-16-34(44)37-23(6)31(43-39(27)37)18-32-25(9-2)20(3)28(40-32)19-33(36)41-30/h17-19,21,24,26H,8-16H2,1-7H3,(H,45,46)/t21-,24?,26-/m0/s1. The molecule has 1 saturated carbocycles. The molecule has 0 aromatic carbocycles. The van der Waals surface area contributed by atoms with Crippen LogP contribution in [0.1, 0.15) is 99.8 Å². The van der Waals surface area contributed by atoms with Crippen molar-refractivity contribution in [2.45, 2.75) is 106 Å². The molecule has 1 N–H and O–H groups in total. The van der Waals surface area contributed by atoms with E-state index in [2.05, 4.69) is 53.7 Å². The smallest absolute Gasteiger partial charge is 0.303 e. The normalized spacial score (nSPS) is 24.1. The predicted octanol–water partition coefficient (Wildman–Crippen LogP) is 8.16. The minimum absolute atomic E-state index is 0.0236. The molecular formula is C39H46N4O4. The molecule has 0 amide bonds. The Hall–Kier alpha value is -4.04. The maximum atomic E-state index is 13.5. The summed E-state index contributed by atoms with van der Waals surface area (Å²) in [6, 6.07) is 0. The van der Waals surface area contributed by atoms with Gasteiger partial charge in [0, 0.05) is 53.7 Å². The third-order valence-corrected chi connectivity index (χ3v) is 10.4. The van der Waals surface area contributed by atoms with Crippen LogP contribution in [0.5, 0.6) is 0 Å². The molecule has 246 valence electrons. The molecule has 6 aliphatic rings. The summed E-state index contributed by atoms with van der Waals surface area (Å²) in [6.07, 6.45) is 12.0. The van der Waals surface area contributed by atoms with E-state index in [9.17, 15) is 14.7 Å². The number of fused-ring (bicyclic) bond motifs is 4. The first-order valence-corrected chi connectivity index (χ1v) is 17.3. The van der Waals surface area contributed by atoms with Gasteiger partial charge in [0.2, 0.25) is 0 Å². The van der Waals surface area contributed by atoms with Crippen LogP contribution < -0.4 is 0 Å². The van der Waals surface area contributed by atoms with E-state index in [-0.39, 0.29) is 36.6 Å². The third kappa shape index (κ3) is 5.97. The molecule has 8 heteroatoms. The number of aliphatic carboxylic acids is 1. The monoisotopic (exact) mass is 634 g/mol. The fourth-order valence-corrected chi connectivity index (χ4v) is 7.67. The van der Waals surface area contributed by atoms with Crippen LogP contribution in [0.2, 0.25) is 0 Å². The molecule has 8 bridgehead atoms. The van der Waals surface area contributed by atoms with Crippen molar-refractivity contribution in [2.75, 3.05) is 6.61 Å². The van der Waals surface area contributed by atoms with Crippen molar-refractivity contribution in [2.24, 2.45) is 31.8 Å². The van der Waals surface area contributed by atoms with E-state index in [4.69, 9.17) is 24.7 Å². The van der Waals surface area contributed by atoms with Gasteiger partial charge in [0.1, 0.15) is 0 Å². The number of carboxylic acids is 1. The summed E-state index contributed by atoms with van der Waals surface area (Å²) in [5, 5.41) is 9.61. The second-order valence-electron chi connectivity index (χ2n) is 13.4. The number of carbonyl (C=O) groups is 2. The van der Waals surface area contributed by atoms with Gasteiger partial charge in [-0.05, 0) is 87.5 Å². The maximum Gasteiger partial charge on any atom is 0.303 e. The van der Waals surface area contributed by atoms with E-state index in [0.717, 1.165) is 92.6 Å². The minimum Gasteiger partial charge on any atom is -0.481 e. The Bertz CT molecular complexity index is 1800. The van der Waals surface area contributed by atoms with Crippen molar-refractivity contribution in [3.8, 4) is 0 Å². The van der Waals surface area contributed by atoms with Crippen molar-refractivity contribution >= 4 is 34.6 Å². The largest absolute Gasteiger partial charge is 0.481 e. The average molecular weight is 635 g/mol. The molecule has 0 radical (unpaired) electrons. The van der Waals surface area contributed by atoms with E-state index >= 15 is 0 Å². The van der Waals surface area contributed by atoms with E-state index in [0.29, 0.717) is 24.3 Å². The number of rotatable bonds is 11. The van der Waals surface area contributed by atoms with E-state index in [1.165, 1.54) is 12.8 Å². The van der Waals surface area contributed by atoms with Crippen molar-refractivity contribution < 1.29 is 19.4 Å². The molecule has 5 aliphatic heterocycles. The number of carbonyl (C=O) groups excluding carboxylic acids is 1. The van der Waals surface area contributed by atoms with E-state index in [1.807, 2.05) is 13.0 Å². The summed E-state index contributed by atoms with van der Waals surface area (Å²) in [6.45, 7) is 15.4. The number of carboxylic acid groups (broad SMARTS) is 1. The molecule has 8 nitrogen and oxygen atoms in total. The number of unbranched alkanes of at least 4 members (excludes halogenated alkanes) is 3. The number of ether oxygens (including phenoxy) is 1. The van der Waals surface area contributed by atoms with Gasteiger partial charge in [0.15, 0.2) is 5.78 Å². The van der Waals surface area contributed by atoms with Gasteiger partial charge < -0.3 is 9.84 Å². The van der Waals surface area contributed by atoms with Gasteiger partial charge in [-0.3, -0.25) is 14.6 Å². The lowest BCUT2D eigenvalue weighted by atomic mass is 9.84. The molecule has 0 aromatic heterocycles. The highest BCUT2D eigenvalue weighted by atomic mass is 16.5. The van der Waals surface area contributed by atoms with Crippen LogP contribution in [-0.2, 0) is 14.3 Å². The van der Waals surface area contributed by atoms with Crippen LogP contribution in [0.25, 0.3) is 0 Å². The van der Waals surface area contributed by atoms with Gasteiger partial charge in [-0.25, -0.2) is 15.0 Å². The Kier molecular flexibility index (Phi) is 9.25. The van der Waals surface area contributed by atoms with E-state index < -0.39 is 5.97 Å². The first-order chi connectivity index (χ1) is 22.5. The Balaban J connectivity index is 1.53. The first-order valence-electron chi connectivity index (χ1n) is 17.3. The van der Waals surface area contributed by atoms with Crippen LogP contribution in [0.3, 0.4) is 0 Å². The molecule has 0 spiro atoms. The molecule has 3 atom stereocenters. The third-order valence-electron chi connectivity index (χ3n) is 10.4. The summed E-state index contributed by atoms with van der Waals surface area (Å²) < 4.78 is 6.41. The van der Waals surface area contributed by atoms with Crippen molar-refractivity contribution in [3.05, 3.63) is 80.0 Å². The summed E-state index contributed by atoms with van der Waals surface area (Å²) in [5.74, 6) is -1.01. The molecule has 6 rings (SSSR count). The molecule has 1 unspecified atom stereocenters. The summed E-state index contributed by atoms with van der Waals surface area (Å²) >= 11 is 0. The second-order valence-corrected chi connectivity index (χ2v) is 13.4. The lowest BCUT2D eigenvalue weighted by Crippen LogP contribution is -2.18. The molecule has 0 aromatic rings. The van der Waals surface area contributed by atoms with Crippen molar-refractivity contribution in [1.82, 2.24) is 0 Å². The SMILES string of the molecule is CCCCCCOC(C)C1=C(C)C2=CC3=NC(=C4CC(=O)C5=C(C)C(=CC6=NC(=CC1=N2)C(C)=C6CC)N=C45)[C@@H](CCC(=O)O)[C@@H]3C. The minimum atomic E-state index is -0.842. The molecular weight excluding hydrogens is 588 g/mol. The zero-order valence-corrected chi connectivity index (χ0v) is 28.8. The van der Waals surface area contributed by atoms with Crippen LogP contribution >= 0.6 is 0 Å². The second kappa shape index (κ2) is 13.2. The fraction of sp³-hybridized carbons (Fsp3) is 0.487. The fourth-order valence-electron chi connectivity index (χ4n) is 7.67. The summed E-state index contributed by atoms with van der Waals surface area (Å²) in [7, 11) is 0. The highest BCUT2D eigenvalue weighted by Gasteiger charge is 2.42. The lowest BCUT2D eigenvalue weighted by molar-refractivity contribution is -0.137. The van der Waals surface area contributed by atoms with Gasteiger partial charge in [-0.1, -0.05) is 40.0 Å². The van der Waals surface area contributed by atoms with Crippen LogP contribution in [0.15, 0.2) is 100.0 Å². The number of hydrogen-bond acceptors (Lipinski definition) is 7. The van der Waals surface area contributed by atoms with Gasteiger partial charge >= 0.3 is 5.97 Å². The Morgan fingerprint density at radius 3 is 2.36 bits per heavy atom. The lowest BCUT2D eigenvalue weighted by Gasteiger charge is -2.18. The van der Waals surface area contributed by atoms with Crippen molar-refractivity contribution in [3.63, 3.8) is 0 Å². The number of aliphatic imine (C=N–C) groups is 4. The highest BCUT2D eigenvalue weighted by Crippen LogP contribution is 2.45. The molecule has 1 fully saturated rings. The Labute approximate surface area is 278 Å². The Morgan fingerprint density at radius 2 is 1.64 bits per heavy atom. The maximum absolute atomic E-state index is 13.5. The Morgan fingerprint density at radius 1 is 0.936 bits per heavy atom. The topological polar surface area (TPSA) is 113 Å². The molecule has 5 heterocycles. The number of allylic oxidation sites excluding steroid dienone is 10. The van der Waals surface area contributed by atoms with Crippen LogP contribution in [-0.4, -0.2) is 52.4 Å². The van der Waals surface area contributed by atoms with Crippen LogP contribution in [0.4, 0.5) is 0 Å². The quantitative estimate of drug-likeness (QED) is 0.231. The number of Topliss-reactive ketones (excluding diaryl/α,β-unsaturated/α-hetero) is 1. The number of ketones is 1. The summed E-state index contributed by atoms with van der Waals surface area (Å²) in [4.78, 5) is 45.7. The highest BCUT2D eigenvalue weighted by molar-refractivity contribution is 6.38. The molecule has 1 aliphatic carbocycles. The van der Waals surface area contributed by atoms with Gasteiger partial charge in [-0.15, -0.1) is 0 Å². The van der Waals surface area contributed by atoms with E-state index in [1.54, 1.807) is 0 Å². The molecule has 47 heavy (non-hydrogen) atoms. The molecule has 0 saturated heterocycles. The predicted molar refractivity (Wildman–Crippen MR) is 188 cm³/mol. The van der Waals surface area contributed by atoms with Gasteiger partial charge in [-0.2, -0.15) is 0 Å². The van der Waals surface area contributed by atoms with Crippen LogP contribution in [0, 0.1) is 11.8 Å². The zero-order chi connectivity index (χ0) is 33.6. The van der Waals surface area contributed by atoms with Gasteiger partial charge in [0.05, 0.1) is 46.0 Å². The summed E-state index contributed by atoms with van der Waals surface area (Å²) in [5.41, 5.74) is 13.1. The number of nitrogens with zero attached hydrogens (tertiary/aromatic N) is 4. The average Bonchev–Trinajstić information content (AvgIpc) is 3.78. The first kappa shape index (κ1) is 32.9. The zero-order valence-electron chi connectivity index (χ0n) is 28.8. The number of hydrogen-bond donors (Lipinski definition) is 1. The van der Waals surface area contributed by atoms with Gasteiger partial charge in [0.25, 0.3) is 0 Å². The van der Waals surface area contributed by atoms with Crippen molar-refractivity contribution in [1.29, 1.82) is 0 Å².